The van der Waals surface area contributed by atoms with E-state index in [0.29, 0.717) is 5.75 Å². The maximum Gasteiger partial charge on any atom is 0.234 e. The number of nitrogens with zero attached hydrogens (tertiary/aromatic N) is 2. The quantitative estimate of drug-likeness (QED) is 0.409. The van der Waals surface area contributed by atoms with E-state index in [9.17, 15) is 4.79 Å². The largest absolute Gasteiger partial charge is 0.457 e. The van der Waals surface area contributed by atoms with E-state index in [1.54, 1.807) is 0 Å². The molecule has 4 aromatic rings. The topological polar surface area (TPSA) is 56.2 Å². The van der Waals surface area contributed by atoms with E-state index in [-0.39, 0.29) is 5.91 Å². The van der Waals surface area contributed by atoms with Crippen molar-refractivity contribution in [2.24, 2.45) is 0 Å². The summed E-state index contributed by atoms with van der Waals surface area (Å²) in [5.74, 6) is 1.73. The zero-order valence-corrected chi connectivity index (χ0v) is 16.9. The number of aromatic nitrogens is 2. The number of amides is 1. The predicted molar refractivity (Wildman–Crippen MR) is 118 cm³/mol. The third-order valence-corrected chi connectivity index (χ3v) is 5.36. The van der Waals surface area contributed by atoms with Crippen molar-refractivity contribution in [2.75, 3.05) is 11.1 Å². The SMILES string of the molecule is CCn1c(SCC(=O)Nc2ccc(Oc3ccccc3)cc2)nc2ccccc21. The number of nitrogens with one attached hydrogen (secondary N) is 1. The Hall–Kier alpha value is -3.25. The van der Waals surface area contributed by atoms with Gasteiger partial charge in [-0.25, -0.2) is 4.98 Å². The standard InChI is InChI=1S/C23H21N3O2S/c1-2-26-21-11-7-6-10-20(21)25-23(26)29-16-22(27)24-17-12-14-19(15-13-17)28-18-8-4-3-5-9-18/h3-15H,2,16H2,1H3,(H,24,27). The number of hydrogen-bond donors (Lipinski definition) is 1. The molecule has 3 aromatic carbocycles. The lowest BCUT2D eigenvalue weighted by atomic mass is 10.3. The van der Waals surface area contributed by atoms with Gasteiger partial charge in [-0.05, 0) is 55.5 Å². The first kappa shape index (κ1) is 19.1. The second-order valence-electron chi connectivity index (χ2n) is 6.40. The Balaban J connectivity index is 1.35. The average Bonchev–Trinajstić information content (AvgIpc) is 3.12. The smallest absolute Gasteiger partial charge is 0.234 e. The van der Waals surface area contributed by atoms with Crippen LogP contribution in [0.25, 0.3) is 11.0 Å². The number of para-hydroxylation sites is 3. The number of hydrogen-bond acceptors (Lipinski definition) is 4. The lowest BCUT2D eigenvalue weighted by molar-refractivity contribution is -0.113. The van der Waals surface area contributed by atoms with E-state index in [1.807, 2.05) is 72.8 Å². The fourth-order valence-corrected chi connectivity index (χ4v) is 3.91. The predicted octanol–water partition coefficient (Wildman–Crippen LogP) is 5.58. The molecule has 1 heterocycles. The summed E-state index contributed by atoms with van der Waals surface area (Å²) in [7, 11) is 0. The van der Waals surface area contributed by atoms with Crippen LogP contribution in [0.5, 0.6) is 11.5 Å². The monoisotopic (exact) mass is 403 g/mol. The molecule has 0 bridgehead atoms. The molecule has 4 rings (SSSR count). The van der Waals surface area contributed by atoms with Crippen LogP contribution >= 0.6 is 11.8 Å². The fraction of sp³-hybridized carbons (Fsp3) is 0.130. The van der Waals surface area contributed by atoms with E-state index >= 15 is 0 Å². The van der Waals surface area contributed by atoms with Gasteiger partial charge in [-0.1, -0.05) is 42.1 Å². The molecular formula is C23H21N3O2S. The first-order valence-corrected chi connectivity index (χ1v) is 10.4. The molecule has 0 unspecified atom stereocenters. The van der Waals surface area contributed by atoms with Gasteiger partial charge in [0, 0.05) is 12.2 Å². The van der Waals surface area contributed by atoms with Gasteiger partial charge in [-0.15, -0.1) is 0 Å². The highest BCUT2D eigenvalue weighted by molar-refractivity contribution is 7.99. The number of fused-ring (bicyclic) bond motifs is 1. The maximum atomic E-state index is 12.4. The molecule has 1 amide bonds. The Kier molecular flexibility index (Phi) is 5.81. The second-order valence-corrected chi connectivity index (χ2v) is 7.35. The minimum absolute atomic E-state index is 0.0681. The van der Waals surface area contributed by atoms with Crippen molar-refractivity contribution < 1.29 is 9.53 Å². The molecule has 0 spiro atoms. The lowest BCUT2D eigenvalue weighted by Gasteiger charge is -2.08. The Morgan fingerprint density at radius 1 is 0.966 bits per heavy atom. The normalized spacial score (nSPS) is 10.8. The summed E-state index contributed by atoms with van der Waals surface area (Å²) >= 11 is 1.44. The second kappa shape index (κ2) is 8.84. The highest BCUT2D eigenvalue weighted by atomic mass is 32.2. The van der Waals surface area contributed by atoms with Gasteiger partial charge in [-0.3, -0.25) is 4.79 Å². The molecule has 146 valence electrons. The summed E-state index contributed by atoms with van der Waals surface area (Å²) in [6.07, 6.45) is 0. The number of thioether (sulfide) groups is 1. The number of benzene rings is 3. The number of carbonyl (C=O) groups is 1. The molecule has 1 aromatic heterocycles. The molecule has 0 aliphatic rings. The van der Waals surface area contributed by atoms with Crippen molar-refractivity contribution in [3.63, 3.8) is 0 Å². The number of aryl methyl sites for hydroxylation is 1. The van der Waals surface area contributed by atoms with Gasteiger partial charge in [0.05, 0.1) is 16.8 Å². The Morgan fingerprint density at radius 3 is 2.41 bits per heavy atom. The van der Waals surface area contributed by atoms with Crippen LogP contribution in [0.1, 0.15) is 6.92 Å². The molecule has 0 aliphatic carbocycles. The fourth-order valence-electron chi connectivity index (χ4n) is 3.03. The van der Waals surface area contributed by atoms with Crippen LogP contribution in [0, 0.1) is 0 Å². The molecule has 29 heavy (non-hydrogen) atoms. The van der Waals surface area contributed by atoms with Gasteiger partial charge in [0.15, 0.2) is 5.16 Å². The third kappa shape index (κ3) is 4.60. The zero-order chi connectivity index (χ0) is 20.1. The Morgan fingerprint density at radius 2 is 1.66 bits per heavy atom. The molecule has 0 atom stereocenters. The van der Waals surface area contributed by atoms with E-state index in [0.717, 1.165) is 39.9 Å². The molecule has 1 N–H and O–H groups in total. The van der Waals surface area contributed by atoms with Crippen LogP contribution in [0.4, 0.5) is 5.69 Å². The summed E-state index contributed by atoms with van der Waals surface area (Å²) in [4.78, 5) is 17.0. The summed E-state index contributed by atoms with van der Waals surface area (Å²) < 4.78 is 7.90. The van der Waals surface area contributed by atoms with E-state index in [2.05, 4.69) is 27.9 Å². The van der Waals surface area contributed by atoms with Crippen molar-refractivity contribution in [3.8, 4) is 11.5 Å². The maximum absolute atomic E-state index is 12.4. The summed E-state index contributed by atoms with van der Waals surface area (Å²) in [5.41, 5.74) is 2.78. The number of rotatable bonds is 7. The van der Waals surface area contributed by atoms with Crippen LogP contribution < -0.4 is 10.1 Å². The van der Waals surface area contributed by atoms with Crippen molar-refractivity contribution in [2.45, 2.75) is 18.6 Å². The lowest BCUT2D eigenvalue weighted by Crippen LogP contribution is -2.14. The Bertz CT molecular complexity index is 1110. The van der Waals surface area contributed by atoms with Crippen LogP contribution in [0.15, 0.2) is 84.0 Å². The Labute approximate surface area is 173 Å². The van der Waals surface area contributed by atoms with Crippen LogP contribution in [0.2, 0.25) is 0 Å². The molecule has 0 fully saturated rings. The van der Waals surface area contributed by atoms with Crippen molar-refractivity contribution in [3.05, 3.63) is 78.9 Å². The van der Waals surface area contributed by atoms with Crippen molar-refractivity contribution in [1.82, 2.24) is 9.55 Å². The summed E-state index contributed by atoms with van der Waals surface area (Å²) in [6.45, 7) is 2.89. The molecule has 5 nitrogen and oxygen atoms in total. The summed E-state index contributed by atoms with van der Waals surface area (Å²) in [5, 5.41) is 3.78. The molecule has 0 saturated heterocycles. The molecule has 0 saturated carbocycles. The van der Waals surface area contributed by atoms with E-state index < -0.39 is 0 Å². The van der Waals surface area contributed by atoms with Crippen LogP contribution in [0.3, 0.4) is 0 Å². The van der Waals surface area contributed by atoms with E-state index in [1.165, 1.54) is 11.8 Å². The molecular weight excluding hydrogens is 382 g/mol. The van der Waals surface area contributed by atoms with Crippen LogP contribution in [-0.2, 0) is 11.3 Å². The van der Waals surface area contributed by atoms with Gasteiger partial charge >= 0.3 is 0 Å². The van der Waals surface area contributed by atoms with Gasteiger partial charge in [0.1, 0.15) is 11.5 Å². The van der Waals surface area contributed by atoms with Gasteiger partial charge in [-0.2, -0.15) is 0 Å². The first-order chi connectivity index (χ1) is 14.2. The first-order valence-electron chi connectivity index (χ1n) is 9.44. The average molecular weight is 404 g/mol. The number of carbonyl (C=O) groups excluding carboxylic acids is 1. The van der Waals surface area contributed by atoms with E-state index in [4.69, 9.17) is 4.74 Å². The minimum atomic E-state index is -0.0681. The summed E-state index contributed by atoms with van der Waals surface area (Å²) in [6, 6.07) is 25.0. The highest BCUT2D eigenvalue weighted by Gasteiger charge is 2.12. The zero-order valence-electron chi connectivity index (χ0n) is 16.0. The molecule has 0 aliphatic heterocycles. The minimum Gasteiger partial charge on any atom is -0.457 e. The number of anilines is 1. The molecule has 6 heteroatoms. The van der Waals surface area contributed by atoms with Crippen LogP contribution in [-0.4, -0.2) is 21.2 Å². The third-order valence-electron chi connectivity index (χ3n) is 4.39. The van der Waals surface area contributed by atoms with Gasteiger partial charge in [0.25, 0.3) is 0 Å². The number of imidazole rings is 1. The molecule has 0 radical (unpaired) electrons. The van der Waals surface area contributed by atoms with Gasteiger partial charge < -0.3 is 14.6 Å². The van der Waals surface area contributed by atoms with Gasteiger partial charge in [0.2, 0.25) is 5.91 Å². The van der Waals surface area contributed by atoms with Crippen molar-refractivity contribution in [1.29, 1.82) is 0 Å². The highest BCUT2D eigenvalue weighted by Crippen LogP contribution is 2.25. The number of ether oxygens (including phenoxy) is 1. The van der Waals surface area contributed by atoms with Crippen molar-refractivity contribution >= 4 is 34.4 Å².